The summed E-state index contributed by atoms with van der Waals surface area (Å²) in [6.07, 6.45) is 1.54. The van der Waals surface area contributed by atoms with Gasteiger partial charge in [0.1, 0.15) is 17.0 Å². The van der Waals surface area contributed by atoms with Gasteiger partial charge in [0.15, 0.2) is 5.65 Å². The van der Waals surface area contributed by atoms with Crippen LogP contribution in [0, 0.1) is 0 Å². The van der Waals surface area contributed by atoms with Crippen LogP contribution in [0.15, 0.2) is 65.6 Å². The van der Waals surface area contributed by atoms with Crippen molar-refractivity contribution in [3.8, 4) is 11.4 Å². The number of aromatic amines is 1. The van der Waals surface area contributed by atoms with Crippen molar-refractivity contribution >= 4 is 11.0 Å². The summed E-state index contributed by atoms with van der Waals surface area (Å²) in [6.45, 7) is 1.08. The van der Waals surface area contributed by atoms with Crippen LogP contribution in [0.2, 0.25) is 0 Å². The molecule has 0 atom stereocenters. The van der Waals surface area contributed by atoms with Gasteiger partial charge in [-0.25, -0.2) is 9.67 Å². The molecule has 4 rings (SSSR count). The number of nitrogens with one attached hydrogen (secondary N) is 1. The number of hydrogen-bond donors (Lipinski definition) is 2. The van der Waals surface area contributed by atoms with Crippen molar-refractivity contribution in [3.63, 3.8) is 0 Å². The number of hydrogen-bond acceptors (Lipinski definition) is 5. The molecule has 0 radical (unpaired) electrons. The fourth-order valence-corrected chi connectivity index (χ4v) is 3.08. The maximum atomic E-state index is 12.4. The molecule has 2 N–H and O–H groups in total. The second-order valence-electron chi connectivity index (χ2n) is 6.48. The SMILES string of the molecule is CN(Cc1cccc(O)c1)Cc1nc2c(cnn2-c2ccccc2)c(=O)[nH]1. The van der Waals surface area contributed by atoms with E-state index < -0.39 is 0 Å². The van der Waals surface area contributed by atoms with E-state index in [0.717, 1.165) is 11.3 Å². The lowest BCUT2D eigenvalue weighted by atomic mass is 10.2. The minimum Gasteiger partial charge on any atom is -0.508 e. The second kappa shape index (κ2) is 7.05. The van der Waals surface area contributed by atoms with Gasteiger partial charge in [-0.3, -0.25) is 9.69 Å². The number of para-hydroxylation sites is 1. The van der Waals surface area contributed by atoms with Crippen LogP contribution in [-0.2, 0) is 13.1 Å². The molecule has 0 aliphatic heterocycles. The first-order valence-electron chi connectivity index (χ1n) is 8.59. The normalized spacial score (nSPS) is 11.3. The van der Waals surface area contributed by atoms with Crippen molar-refractivity contribution in [1.29, 1.82) is 0 Å². The fourth-order valence-electron chi connectivity index (χ4n) is 3.08. The van der Waals surface area contributed by atoms with Crippen LogP contribution >= 0.6 is 0 Å². The van der Waals surface area contributed by atoms with Gasteiger partial charge in [-0.2, -0.15) is 5.10 Å². The van der Waals surface area contributed by atoms with Crippen LogP contribution < -0.4 is 5.56 Å². The van der Waals surface area contributed by atoms with E-state index in [9.17, 15) is 9.90 Å². The summed E-state index contributed by atoms with van der Waals surface area (Å²) in [4.78, 5) is 21.9. The Kier molecular flexibility index (Phi) is 4.43. The van der Waals surface area contributed by atoms with Crippen LogP contribution in [-0.4, -0.2) is 36.8 Å². The summed E-state index contributed by atoms with van der Waals surface area (Å²) in [5, 5.41) is 14.4. The van der Waals surface area contributed by atoms with Gasteiger partial charge in [0, 0.05) is 6.54 Å². The Morgan fingerprint density at radius 2 is 1.93 bits per heavy atom. The first kappa shape index (κ1) is 17.0. The number of H-pyrrole nitrogens is 1. The van der Waals surface area contributed by atoms with E-state index in [0.29, 0.717) is 29.9 Å². The van der Waals surface area contributed by atoms with Gasteiger partial charge in [0.2, 0.25) is 0 Å². The number of phenols is 1. The van der Waals surface area contributed by atoms with Crippen molar-refractivity contribution in [2.75, 3.05) is 7.05 Å². The topological polar surface area (TPSA) is 87.0 Å². The van der Waals surface area contributed by atoms with Crippen molar-refractivity contribution < 1.29 is 5.11 Å². The molecule has 7 heteroatoms. The van der Waals surface area contributed by atoms with E-state index in [1.165, 1.54) is 6.20 Å². The van der Waals surface area contributed by atoms with Crippen molar-refractivity contribution in [2.24, 2.45) is 0 Å². The molecule has 0 saturated carbocycles. The molecule has 0 aliphatic carbocycles. The lowest BCUT2D eigenvalue weighted by Gasteiger charge is -2.16. The zero-order valence-electron chi connectivity index (χ0n) is 14.8. The van der Waals surface area contributed by atoms with Gasteiger partial charge >= 0.3 is 0 Å². The van der Waals surface area contributed by atoms with Gasteiger partial charge < -0.3 is 10.1 Å². The first-order valence-corrected chi connectivity index (χ1v) is 8.59. The molecular formula is C20H19N5O2. The van der Waals surface area contributed by atoms with E-state index in [4.69, 9.17) is 0 Å². The van der Waals surface area contributed by atoms with Gasteiger partial charge in [-0.15, -0.1) is 0 Å². The summed E-state index contributed by atoms with van der Waals surface area (Å²) in [7, 11) is 1.93. The number of rotatable bonds is 5. The molecule has 0 unspecified atom stereocenters. The molecule has 0 spiro atoms. The molecule has 4 aromatic rings. The highest BCUT2D eigenvalue weighted by Gasteiger charge is 2.12. The maximum Gasteiger partial charge on any atom is 0.262 e. The summed E-state index contributed by atoms with van der Waals surface area (Å²) < 4.78 is 1.67. The van der Waals surface area contributed by atoms with E-state index >= 15 is 0 Å². The highest BCUT2D eigenvalue weighted by atomic mass is 16.3. The number of nitrogens with zero attached hydrogens (tertiary/aromatic N) is 4. The Balaban J connectivity index is 1.63. The number of benzene rings is 2. The van der Waals surface area contributed by atoms with E-state index in [1.807, 2.05) is 54.4 Å². The molecule has 0 fully saturated rings. The maximum absolute atomic E-state index is 12.4. The Morgan fingerprint density at radius 1 is 1.11 bits per heavy atom. The number of phenolic OH excluding ortho intramolecular Hbond substituents is 1. The first-order chi connectivity index (χ1) is 13.1. The third-order valence-electron chi connectivity index (χ3n) is 4.27. The molecule has 7 nitrogen and oxygen atoms in total. The quantitative estimate of drug-likeness (QED) is 0.570. The Hall–Kier alpha value is -3.45. The largest absolute Gasteiger partial charge is 0.508 e. The van der Waals surface area contributed by atoms with E-state index in [-0.39, 0.29) is 11.3 Å². The van der Waals surface area contributed by atoms with Crippen molar-refractivity contribution in [2.45, 2.75) is 13.1 Å². The van der Waals surface area contributed by atoms with Crippen LogP contribution in [0.25, 0.3) is 16.7 Å². The fraction of sp³-hybridized carbons (Fsp3) is 0.150. The molecule has 2 aromatic carbocycles. The van der Waals surface area contributed by atoms with Crippen molar-refractivity contribution in [3.05, 3.63) is 82.5 Å². The Morgan fingerprint density at radius 3 is 2.70 bits per heavy atom. The van der Waals surface area contributed by atoms with Crippen LogP contribution in [0.4, 0.5) is 0 Å². The summed E-state index contributed by atoms with van der Waals surface area (Å²) in [5.74, 6) is 0.799. The minimum absolute atomic E-state index is 0.206. The van der Waals surface area contributed by atoms with Gasteiger partial charge in [0.25, 0.3) is 5.56 Å². The van der Waals surface area contributed by atoms with Crippen LogP contribution in [0.3, 0.4) is 0 Å². The lowest BCUT2D eigenvalue weighted by Crippen LogP contribution is -2.22. The summed E-state index contributed by atoms with van der Waals surface area (Å²) >= 11 is 0. The monoisotopic (exact) mass is 361 g/mol. The molecule has 0 saturated heterocycles. The highest BCUT2D eigenvalue weighted by molar-refractivity contribution is 5.75. The molecule has 0 bridgehead atoms. The second-order valence-corrected chi connectivity index (χ2v) is 6.48. The van der Waals surface area contributed by atoms with Gasteiger partial charge in [0.05, 0.1) is 18.4 Å². The lowest BCUT2D eigenvalue weighted by molar-refractivity contribution is 0.310. The average molecular weight is 361 g/mol. The van der Waals surface area contributed by atoms with Crippen LogP contribution in [0.1, 0.15) is 11.4 Å². The van der Waals surface area contributed by atoms with Gasteiger partial charge in [-0.05, 0) is 36.9 Å². The Labute approximate surface area is 155 Å². The highest BCUT2D eigenvalue weighted by Crippen LogP contribution is 2.15. The summed E-state index contributed by atoms with van der Waals surface area (Å²) in [5.41, 5.74) is 2.16. The number of aromatic nitrogens is 4. The van der Waals surface area contributed by atoms with E-state index in [1.54, 1.807) is 16.8 Å². The number of aromatic hydroxyl groups is 1. The molecule has 136 valence electrons. The molecule has 27 heavy (non-hydrogen) atoms. The molecule has 0 amide bonds. The molecule has 2 heterocycles. The zero-order valence-corrected chi connectivity index (χ0v) is 14.8. The van der Waals surface area contributed by atoms with Crippen LogP contribution in [0.5, 0.6) is 5.75 Å². The third-order valence-corrected chi connectivity index (χ3v) is 4.27. The summed E-state index contributed by atoms with van der Waals surface area (Å²) in [6, 6.07) is 16.7. The molecule has 2 aromatic heterocycles. The molecular weight excluding hydrogens is 342 g/mol. The number of fused-ring (bicyclic) bond motifs is 1. The zero-order chi connectivity index (χ0) is 18.8. The van der Waals surface area contributed by atoms with E-state index in [2.05, 4.69) is 15.1 Å². The predicted octanol–water partition coefficient (Wildman–Crippen LogP) is 2.45. The third kappa shape index (κ3) is 3.58. The van der Waals surface area contributed by atoms with Crippen molar-refractivity contribution in [1.82, 2.24) is 24.6 Å². The molecule has 0 aliphatic rings. The average Bonchev–Trinajstić information content (AvgIpc) is 3.07. The predicted molar refractivity (Wildman–Crippen MR) is 103 cm³/mol. The standard InChI is InChI=1S/C20H19N5O2/c1-24(12-14-6-5-9-16(26)10-14)13-18-22-19-17(20(27)23-18)11-21-25(19)15-7-3-2-4-8-15/h2-11,26H,12-13H2,1H3,(H,22,23,27). The Bertz CT molecular complexity index is 1130. The van der Waals surface area contributed by atoms with Gasteiger partial charge in [-0.1, -0.05) is 30.3 Å². The minimum atomic E-state index is -0.206. The smallest absolute Gasteiger partial charge is 0.262 e.